The Balaban J connectivity index is 2.04. The molecule has 1 aliphatic carbocycles. The van der Waals surface area contributed by atoms with Crippen molar-refractivity contribution in [3.05, 3.63) is 47.8 Å². The lowest BCUT2D eigenvalue weighted by Gasteiger charge is -2.13. The highest BCUT2D eigenvalue weighted by Gasteiger charge is 2.51. The first-order valence-corrected chi connectivity index (χ1v) is 6.08. The number of aryl methyl sites for hydroxylation is 1. The Kier molecular flexibility index (Phi) is 2.45. The molecule has 0 bridgehead atoms. The fraction of sp³-hybridized carbons (Fsp3) is 0.286. The van der Waals surface area contributed by atoms with Crippen molar-refractivity contribution in [3.8, 4) is 5.69 Å². The molecule has 0 spiro atoms. The Labute approximate surface area is 109 Å². The number of carboxylic acid groups (broad SMARTS) is 1. The number of halogens is 1. The van der Waals surface area contributed by atoms with Gasteiger partial charge in [0.05, 0.1) is 11.1 Å². The van der Waals surface area contributed by atoms with Crippen LogP contribution in [0.3, 0.4) is 0 Å². The van der Waals surface area contributed by atoms with Crippen LogP contribution in [-0.2, 0) is 10.2 Å². The number of rotatable bonds is 3. The van der Waals surface area contributed by atoms with Crippen molar-refractivity contribution in [1.82, 2.24) is 9.55 Å². The zero-order valence-electron chi connectivity index (χ0n) is 10.4. The largest absolute Gasteiger partial charge is 0.481 e. The van der Waals surface area contributed by atoms with E-state index in [1.54, 1.807) is 36.0 Å². The number of aromatic nitrogens is 2. The lowest BCUT2D eigenvalue weighted by molar-refractivity contribution is -0.140. The molecule has 4 nitrogen and oxygen atoms in total. The number of aliphatic carboxylic acids is 1. The second-order valence-electron chi connectivity index (χ2n) is 4.90. The molecule has 0 unspecified atom stereocenters. The van der Waals surface area contributed by atoms with Gasteiger partial charge in [0.15, 0.2) is 0 Å². The van der Waals surface area contributed by atoms with Gasteiger partial charge in [0.2, 0.25) is 0 Å². The number of benzene rings is 1. The lowest BCUT2D eigenvalue weighted by Crippen LogP contribution is -2.19. The molecule has 1 heterocycles. The third kappa shape index (κ3) is 1.73. The summed E-state index contributed by atoms with van der Waals surface area (Å²) >= 11 is 0. The summed E-state index contributed by atoms with van der Waals surface area (Å²) in [6.45, 7) is 1.78. The van der Waals surface area contributed by atoms with Crippen LogP contribution in [0.15, 0.2) is 30.6 Å². The van der Waals surface area contributed by atoms with Gasteiger partial charge in [-0.15, -0.1) is 0 Å². The summed E-state index contributed by atoms with van der Waals surface area (Å²) in [7, 11) is 0. The molecular weight excluding hydrogens is 247 g/mol. The van der Waals surface area contributed by atoms with E-state index in [0.29, 0.717) is 29.9 Å². The zero-order valence-corrected chi connectivity index (χ0v) is 10.4. The van der Waals surface area contributed by atoms with Gasteiger partial charge in [0.25, 0.3) is 0 Å². The molecule has 0 atom stereocenters. The smallest absolute Gasteiger partial charge is 0.314 e. The Bertz CT molecular complexity index is 659. The molecule has 3 rings (SSSR count). The van der Waals surface area contributed by atoms with Gasteiger partial charge in [0, 0.05) is 12.4 Å². The van der Waals surface area contributed by atoms with Crippen LogP contribution in [0.1, 0.15) is 24.2 Å². The van der Waals surface area contributed by atoms with Crippen LogP contribution in [0.5, 0.6) is 0 Å². The van der Waals surface area contributed by atoms with Crippen molar-refractivity contribution in [1.29, 1.82) is 0 Å². The molecule has 0 radical (unpaired) electrons. The fourth-order valence-corrected chi connectivity index (χ4v) is 2.38. The predicted molar refractivity (Wildman–Crippen MR) is 66.8 cm³/mol. The third-order valence-corrected chi connectivity index (χ3v) is 3.74. The van der Waals surface area contributed by atoms with Gasteiger partial charge in [-0.05, 0) is 37.5 Å². The molecule has 98 valence electrons. The molecule has 0 saturated heterocycles. The maximum absolute atomic E-state index is 14.2. The summed E-state index contributed by atoms with van der Waals surface area (Å²) in [6, 6.07) is 4.64. The van der Waals surface area contributed by atoms with Gasteiger partial charge in [0.1, 0.15) is 11.6 Å². The summed E-state index contributed by atoms with van der Waals surface area (Å²) in [4.78, 5) is 15.3. The summed E-state index contributed by atoms with van der Waals surface area (Å²) in [5.74, 6) is -0.615. The summed E-state index contributed by atoms with van der Waals surface area (Å²) in [5, 5.41) is 9.21. The van der Waals surface area contributed by atoms with Crippen molar-refractivity contribution >= 4 is 5.97 Å². The fourth-order valence-electron chi connectivity index (χ4n) is 2.38. The van der Waals surface area contributed by atoms with Crippen molar-refractivity contribution in [2.24, 2.45) is 0 Å². The second-order valence-corrected chi connectivity index (χ2v) is 4.90. The third-order valence-electron chi connectivity index (χ3n) is 3.74. The van der Waals surface area contributed by atoms with Crippen LogP contribution in [0.4, 0.5) is 4.39 Å². The van der Waals surface area contributed by atoms with Crippen molar-refractivity contribution in [3.63, 3.8) is 0 Å². The summed E-state index contributed by atoms with van der Waals surface area (Å²) in [6.07, 6.45) is 4.43. The van der Waals surface area contributed by atoms with E-state index in [1.807, 2.05) is 0 Å². The molecule has 5 heteroatoms. The SMILES string of the molecule is Cc1nccn1-c1ccc(C2(C(=O)O)CC2)cc1F. The average Bonchev–Trinajstić information content (AvgIpc) is 3.08. The maximum atomic E-state index is 14.2. The minimum atomic E-state index is -0.876. The second kappa shape index (κ2) is 3.91. The van der Waals surface area contributed by atoms with Crippen LogP contribution in [0, 0.1) is 12.7 Å². The molecule has 0 aliphatic heterocycles. The summed E-state index contributed by atoms with van der Waals surface area (Å²) in [5.41, 5.74) is 0.0579. The first-order chi connectivity index (χ1) is 9.04. The van der Waals surface area contributed by atoms with Gasteiger partial charge in [-0.1, -0.05) is 6.07 Å². The quantitative estimate of drug-likeness (QED) is 0.922. The molecule has 1 N–H and O–H groups in total. The van der Waals surface area contributed by atoms with Crippen LogP contribution >= 0.6 is 0 Å². The molecule has 1 aromatic carbocycles. The molecule has 0 amide bonds. The van der Waals surface area contributed by atoms with E-state index in [4.69, 9.17) is 0 Å². The Morgan fingerprint density at radius 2 is 2.21 bits per heavy atom. The topological polar surface area (TPSA) is 55.1 Å². The number of imidazole rings is 1. The molecule has 1 aromatic heterocycles. The van der Waals surface area contributed by atoms with E-state index in [0.717, 1.165) is 0 Å². The van der Waals surface area contributed by atoms with Crippen LogP contribution < -0.4 is 0 Å². The average molecular weight is 260 g/mol. The Morgan fingerprint density at radius 1 is 1.47 bits per heavy atom. The van der Waals surface area contributed by atoms with Crippen LogP contribution in [0.25, 0.3) is 5.69 Å². The molecule has 1 fully saturated rings. The summed E-state index contributed by atoms with van der Waals surface area (Å²) < 4.78 is 15.8. The highest BCUT2D eigenvalue weighted by Crippen LogP contribution is 2.48. The number of carbonyl (C=O) groups is 1. The highest BCUT2D eigenvalue weighted by atomic mass is 19.1. The van der Waals surface area contributed by atoms with E-state index in [9.17, 15) is 14.3 Å². The van der Waals surface area contributed by atoms with Gasteiger partial charge in [-0.2, -0.15) is 0 Å². The van der Waals surface area contributed by atoms with Crippen LogP contribution in [-0.4, -0.2) is 20.6 Å². The minimum Gasteiger partial charge on any atom is -0.481 e. The number of nitrogens with zero attached hydrogens (tertiary/aromatic N) is 2. The lowest BCUT2D eigenvalue weighted by atomic mass is 9.96. The number of hydrogen-bond acceptors (Lipinski definition) is 2. The van der Waals surface area contributed by atoms with E-state index in [2.05, 4.69) is 4.98 Å². The standard InChI is InChI=1S/C14H13FN2O2/c1-9-16-6-7-17(9)12-3-2-10(8-11(12)15)14(4-5-14)13(18)19/h2-3,6-8H,4-5H2,1H3,(H,18,19). The van der Waals surface area contributed by atoms with Gasteiger partial charge >= 0.3 is 5.97 Å². The van der Waals surface area contributed by atoms with Gasteiger partial charge in [-0.3, -0.25) is 4.79 Å². The zero-order chi connectivity index (χ0) is 13.6. The molecular formula is C14H13FN2O2. The van der Waals surface area contributed by atoms with E-state index >= 15 is 0 Å². The van der Waals surface area contributed by atoms with Crippen molar-refractivity contribution in [2.75, 3.05) is 0 Å². The van der Waals surface area contributed by atoms with Gasteiger partial charge in [-0.25, -0.2) is 9.37 Å². The maximum Gasteiger partial charge on any atom is 0.314 e. The van der Waals surface area contributed by atoms with Crippen LogP contribution in [0.2, 0.25) is 0 Å². The molecule has 2 aromatic rings. The molecule has 19 heavy (non-hydrogen) atoms. The minimum absolute atomic E-state index is 0.389. The monoisotopic (exact) mass is 260 g/mol. The van der Waals surface area contributed by atoms with E-state index in [-0.39, 0.29) is 0 Å². The van der Waals surface area contributed by atoms with E-state index in [1.165, 1.54) is 6.07 Å². The first-order valence-electron chi connectivity index (χ1n) is 6.08. The van der Waals surface area contributed by atoms with Crippen molar-refractivity contribution in [2.45, 2.75) is 25.2 Å². The number of carboxylic acids is 1. The normalized spacial score (nSPS) is 16.3. The predicted octanol–water partition coefficient (Wildman–Crippen LogP) is 2.44. The number of hydrogen-bond donors (Lipinski definition) is 1. The van der Waals surface area contributed by atoms with Crippen molar-refractivity contribution < 1.29 is 14.3 Å². The Morgan fingerprint density at radius 3 is 2.68 bits per heavy atom. The highest BCUT2D eigenvalue weighted by molar-refractivity contribution is 5.85. The molecule has 1 saturated carbocycles. The van der Waals surface area contributed by atoms with Gasteiger partial charge < -0.3 is 9.67 Å². The molecule has 1 aliphatic rings. The first kappa shape index (κ1) is 11.9. The van der Waals surface area contributed by atoms with E-state index < -0.39 is 17.2 Å². The Hall–Kier alpha value is -2.17.